The molecule has 74 valence electrons. The van der Waals surface area contributed by atoms with Crippen LogP contribution in [0.1, 0.15) is 33.6 Å². The van der Waals surface area contributed by atoms with Crippen LogP contribution in [0.3, 0.4) is 0 Å². The molecule has 0 aliphatic heterocycles. The van der Waals surface area contributed by atoms with Crippen LogP contribution in [0.5, 0.6) is 0 Å². The highest BCUT2D eigenvalue weighted by atomic mass is 16.3. The molecule has 0 amide bonds. The van der Waals surface area contributed by atoms with Gasteiger partial charge in [-0.05, 0) is 32.4 Å². The van der Waals surface area contributed by atoms with E-state index < -0.39 is 5.60 Å². The zero-order valence-electron chi connectivity index (χ0n) is 8.70. The van der Waals surface area contributed by atoms with E-state index in [1.807, 2.05) is 32.0 Å². The second kappa shape index (κ2) is 6.61. The number of nitrogens with zero attached hydrogens (tertiary/aromatic N) is 1. The van der Waals surface area contributed by atoms with Gasteiger partial charge in [0.15, 0.2) is 0 Å². The number of hydrogen-bond donors (Lipinski definition) is 1. The second-order valence-corrected chi connectivity index (χ2v) is 3.59. The quantitative estimate of drug-likeness (QED) is 0.760. The van der Waals surface area contributed by atoms with Crippen LogP contribution >= 0.6 is 0 Å². The van der Waals surface area contributed by atoms with Crippen molar-refractivity contribution in [2.75, 3.05) is 0 Å². The maximum atomic E-state index is 9.02. The Hall–Kier alpha value is -0.890. The van der Waals surface area contributed by atoms with Gasteiger partial charge in [-0.15, -0.1) is 0 Å². The molecule has 0 aliphatic rings. The minimum absolute atomic E-state index is 0.450. The molecule has 0 saturated carbocycles. The summed E-state index contributed by atoms with van der Waals surface area (Å²) in [5.41, 5.74) is -0.450. The first-order valence-electron chi connectivity index (χ1n) is 4.63. The van der Waals surface area contributed by atoms with Crippen LogP contribution in [0.15, 0.2) is 30.6 Å². The van der Waals surface area contributed by atoms with E-state index in [2.05, 4.69) is 11.9 Å². The summed E-state index contributed by atoms with van der Waals surface area (Å²) in [5, 5.41) is 9.02. The van der Waals surface area contributed by atoms with Crippen molar-refractivity contribution in [2.24, 2.45) is 0 Å². The topological polar surface area (TPSA) is 33.1 Å². The van der Waals surface area contributed by atoms with Gasteiger partial charge in [-0.25, -0.2) is 0 Å². The molecule has 0 aromatic carbocycles. The zero-order chi connectivity index (χ0) is 10.2. The minimum Gasteiger partial charge on any atom is -0.390 e. The highest BCUT2D eigenvalue weighted by Gasteiger charge is 2.08. The average molecular weight is 181 g/mol. The summed E-state index contributed by atoms with van der Waals surface area (Å²) in [6.07, 6.45) is 5.45. The zero-order valence-corrected chi connectivity index (χ0v) is 8.70. The Labute approximate surface area is 80.6 Å². The van der Waals surface area contributed by atoms with Gasteiger partial charge in [0, 0.05) is 12.4 Å². The molecule has 0 radical (unpaired) electrons. The monoisotopic (exact) mass is 181 g/mol. The molecule has 1 heterocycles. The van der Waals surface area contributed by atoms with E-state index in [9.17, 15) is 0 Å². The largest absolute Gasteiger partial charge is 0.390 e. The first-order valence-corrected chi connectivity index (χ1v) is 4.63. The molecule has 2 nitrogen and oxygen atoms in total. The lowest BCUT2D eigenvalue weighted by atomic mass is 10.0. The summed E-state index contributed by atoms with van der Waals surface area (Å²) in [7, 11) is 0. The summed E-state index contributed by atoms with van der Waals surface area (Å²) in [6.45, 7) is 5.73. The Morgan fingerprint density at radius 3 is 1.77 bits per heavy atom. The normalized spacial score (nSPS) is 10.2. The van der Waals surface area contributed by atoms with Crippen LogP contribution in [-0.4, -0.2) is 15.7 Å². The molecule has 1 rings (SSSR count). The summed E-state index contributed by atoms with van der Waals surface area (Å²) in [5.74, 6) is 0. The first kappa shape index (κ1) is 12.1. The lowest BCUT2D eigenvalue weighted by molar-refractivity contribution is 0.0703. The Bertz CT molecular complexity index is 164. The van der Waals surface area contributed by atoms with Crippen molar-refractivity contribution < 1.29 is 5.11 Å². The van der Waals surface area contributed by atoms with E-state index in [1.165, 1.54) is 0 Å². The third-order valence-electron chi connectivity index (χ3n) is 1.43. The van der Waals surface area contributed by atoms with E-state index in [0.717, 1.165) is 12.8 Å². The second-order valence-electron chi connectivity index (χ2n) is 3.59. The van der Waals surface area contributed by atoms with E-state index in [1.54, 1.807) is 12.4 Å². The Morgan fingerprint density at radius 1 is 1.15 bits per heavy atom. The predicted octanol–water partition coefficient (Wildman–Crippen LogP) is 2.64. The number of aromatic nitrogens is 1. The Balaban J connectivity index is 0.000000223. The molecule has 0 fully saturated rings. The van der Waals surface area contributed by atoms with E-state index in [0.29, 0.717) is 0 Å². The van der Waals surface area contributed by atoms with Gasteiger partial charge < -0.3 is 5.11 Å². The molecule has 0 saturated heterocycles. The fourth-order valence-electron chi connectivity index (χ4n) is 0.924. The minimum atomic E-state index is -0.450. The van der Waals surface area contributed by atoms with E-state index >= 15 is 0 Å². The lowest BCUT2D eigenvalue weighted by Gasteiger charge is -2.14. The molecule has 0 unspecified atom stereocenters. The maximum Gasteiger partial charge on any atom is 0.0591 e. The number of hydrogen-bond acceptors (Lipinski definition) is 2. The van der Waals surface area contributed by atoms with Crippen molar-refractivity contribution >= 4 is 0 Å². The van der Waals surface area contributed by atoms with Crippen LogP contribution in [0.25, 0.3) is 0 Å². The Kier molecular flexibility index (Phi) is 6.15. The van der Waals surface area contributed by atoms with Gasteiger partial charge in [-0.1, -0.05) is 19.4 Å². The number of rotatable bonds is 2. The third-order valence-corrected chi connectivity index (χ3v) is 1.43. The molecular formula is C11H19NO. The van der Waals surface area contributed by atoms with E-state index in [-0.39, 0.29) is 0 Å². The smallest absolute Gasteiger partial charge is 0.0591 e. The first-order chi connectivity index (χ1) is 6.06. The van der Waals surface area contributed by atoms with Crippen molar-refractivity contribution in [3.05, 3.63) is 30.6 Å². The van der Waals surface area contributed by atoms with Gasteiger partial charge in [0.05, 0.1) is 5.60 Å². The van der Waals surface area contributed by atoms with Crippen molar-refractivity contribution in [1.82, 2.24) is 4.98 Å². The fourth-order valence-corrected chi connectivity index (χ4v) is 0.924. The van der Waals surface area contributed by atoms with Crippen LogP contribution in [0.4, 0.5) is 0 Å². The van der Waals surface area contributed by atoms with Crippen LogP contribution in [-0.2, 0) is 0 Å². The van der Waals surface area contributed by atoms with Gasteiger partial charge in [-0.2, -0.15) is 0 Å². The molecule has 0 atom stereocenters. The SMILES string of the molecule is CCCC(C)(C)O.c1ccncc1. The number of aliphatic hydroxyl groups is 1. The van der Waals surface area contributed by atoms with Crippen LogP contribution < -0.4 is 0 Å². The van der Waals surface area contributed by atoms with Gasteiger partial charge >= 0.3 is 0 Å². The molecular weight excluding hydrogens is 162 g/mol. The fraction of sp³-hybridized carbons (Fsp3) is 0.545. The summed E-state index contributed by atoms with van der Waals surface area (Å²) in [4.78, 5) is 3.78. The standard InChI is InChI=1S/C6H14O.C5H5N/c1-4-5-6(2,3)7;1-2-4-6-5-3-1/h7H,4-5H2,1-3H3;1-5H. The van der Waals surface area contributed by atoms with E-state index in [4.69, 9.17) is 5.11 Å². The Morgan fingerprint density at radius 2 is 1.69 bits per heavy atom. The van der Waals surface area contributed by atoms with Crippen LogP contribution in [0, 0.1) is 0 Å². The lowest BCUT2D eigenvalue weighted by Crippen LogP contribution is -2.16. The van der Waals surface area contributed by atoms with Crippen molar-refractivity contribution in [1.29, 1.82) is 0 Å². The van der Waals surface area contributed by atoms with Gasteiger partial charge in [0.2, 0.25) is 0 Å². The average Bonchev–Trinajstić information content (AvgIpc) is 2.06. The van der Waals surface area contributed by atoms with Crippen molar-refractivity contribution in [3.8, 4) is 0 Å². The molecule has 0 aliphatic carbocycles. The van der Waals surface area contributed by atoms with Gasteiger partial charge in [0.1, 0.15) is 0 Å². The number of pyridine rings is 1. The maximum absolute atomic E-state index is 9.02. The van der Waals surface area contributed by atoms with Crippen molar-refractivity contribution in [3.63, 3.8) is 0 Å². The van der Waals surface area contributed by atoms with Crippen molar-refractivity contribution in [2.45, 2.75) is 39.2 Å². The summed E-state index contributed by atoms with van der Waals surface area (Å²) < 4.78 is 0. The van der Waals surface area contributed by atoms with Gasteiger partial charge in [-0.3, -0.25) is 4.98 Å². The molecule has 0 spiro atoms. The highest BCUT2D eigenvalue weighted by Crippen LogP contribution is 2.08. The van der Waals surface area contributed by atoms with Gasteiger partial charge in [0.25, 0.3) is 0 Å². The molecule has 13 heavy (non-hydrogen) atoms. The third kappa shape index (κ3) is 11.1. The molecule has 2 heteroatoms. The molecule has 1 aromatic rings. The highest BCUT2D eigenvalue weighted by molar-refractivity contribution is 4.88. The predicted molar refractivity (Wildman–Crippen MR) is 55.4 cm³/mol. The molecule has 0 bridgehead atoms. The molecule has 1 N–H and O–H groups in total. The molecule has 1 aromatic heterocycles. The summed E-state index contributed by atoms with van der Waals surface area (Å²) >= 11 is 0. The van der Waals surface area contributed by atoms with Crippen LogP contribution in [0.2, 0.25) is 0 Å². The summed E-state index contributed by atoms with van der Waals surface area (Å²) in [6, 6.07) is 5.72.